The van der Waals surface area contributed by atoms with Gasteiger partial charge in [0.15, 0.2) is 0 Å². The summed E-state index contributed by atoms with van der Waals surface area (Å²) < 4.78 is 11.5. The Morgan fingerprint density at radius 2 is 1.76 bits per heavy atom. The minimum atomic E-state index is -0.0630. The van der Waals surface area contributed by atoms with Crippen LogP contribution >= 0.6 is 27.5 Å². The molecular weight excluding hydrogens is 303 g/mol. The van der Waals surface area contributed by atoms with Crippen molar-refractivity contribution in [3.63, 3.8) is 0 Å². The molecule has 4 heteroatoms. The van der Waals surface area contributed by atoms with Crippen LogP contribution in [-0.2, 0) is 0 Å². The lowest BCUT2D eigenvalue weighted by Crippen LogP contribution is -2.00. The molecule has 0 aliphatic heterocycles. The summed E-state index contributed by atoms with van der Waals surface area (Å²) in [5.41, 5.74) is 0.975. The standard InChI is InChI=1S/C13H18BrClO2/c1-8(2)5-11(15)9-6-13(17-4)10(14)7-12(9)16-3/h6-8,11H,5H2,1-4H3. The molecule has 0 N–H and O–H groups in total. The van der Waals surface area contributed by atoms with E-state index in [1.54, 1.807) is 14.2 Å². The zero-order valence-electron chi connectivity index (χ0n) is 10.6. The van der Waals surface area contributed by atoms with Crippen molar-refractivity contribution in [3.8, 4) is 11.5 Å². The molecule has 0 aliphatic carbocycles. The van der Waals surface area contributed by atoms with Crippen molar-refractivity contribution < 1.29 is 9.47 Å². The van der Waals surface area contributed by atoms with Gasteiger partial charge in [-0.15, -0.1) is 11.6 Å². The van der Waals surface area contributed by atoms with E-state index in [0.29, 0.717) is 5.92 Å². The van der Waals surface area contributed by atoms with E-state index in [2.05, 4.69) is 29.8 Å². The van der Waals surface area contributed by atoms with Crippen molar-refractivity contribution in [1.82, 2.24) is 0 Å². The molecule has 0 amide bonds. The summed E-state index contributed by atoms with van der Waals surface area (Å²) in [6, 6.07) is 3.83. The van der Waals surface area contributed by atoms with E-state index < -0.39 is 0 Å². The van der Waals surface area contributed by atoms with Crippen LogP contribution < -0.4 is 9.47 Å². The number of hydrogen-bond donors (Lipinski definition) is 0. The number of alkyl halides is 1. The van der Waals surface area contributed by atoms with Crippen LogP contribution in [0.25, 0.3) is 0 Å². The largest absolute Gasteiger partial charge is 0.496 e. The van der Waals surface area contributed by atoms with Crippen LogP contribution in [0.4, 0.5) is 0 Å². The maximum Gasteiger partial charge on any atom is 0.133 e. The van der Waals surface area contributed by atoms with Gasteiger partial charge in [-0.1, -0.05) is 13.8 Å². The van der Waals surface area contributed by atoms with E-state index in [1.165, 1.54) is 0 Å². The Morgan fingerprint density at radius 1 is 1.18 bits per heavy atom. The van der Waals surface area contributed by atoms with E-state index in [1.807, 2.05) is 12.1 Å². The summed E-state index contributed by atoms with van der Waals surface area (Å²) >= 11 is 9.85. The molecule has 1 aromatic rings. The highest BCUT2D eigenvalue weighted by atomic mass is 79.9. The van der Waals surface area contributed by atoms with Crippen LogP contribution in [0.15, 0.2) is 16.6 Å². The van der Waals surface area contributed by atoms with Gasteiger partial charge < -0.3 is 9.47 Å². The fourth-order valence-electron chi connectivity index (χ4n) is 1.67. The third-order valence-electron chi connectivity index (χ3n) is 2.52. The van der Waals surface area contributed by atoms with E-state index in [9.17, 15) is 0 Å². The van der Waals surface area contributed by atoms with Crippen molar-refractivity contribution >= 4 is 27.5 Å². The Bertz CT molecular complexity index is 380. The Labute approximate surface area is 116 Å². The first kappa shape index (κ1) is 14.7. The van der Waals surface area contributed by atoms with Crippen LogP contribution in [0, 0.1) is 5.92 Å². The number of hydrogen-bond acceptors (Lipinski definition) is 2. The number of methoxy groups -OCH3 is 2. The first-order valence-corrected chi connectivity index (χ1v) is 6.78. The second kappa shape index (κ2) is 6.50. The third kappa shape index (κ3) is 3.78. The van der Waals surface area contributed by atoms with E-state index in [4.69, 9.17) is 21.1 Å². The van der Waals surface area contributed by atoms with Crippen molar-refractivity contribution in [2.75, 3.05) is 14.2 Å². The van der Waals surface area contributed by atoms with Gasteiger partial charge in [-0.3, -0.25) is 0 Å². The lowest BCUT2D eigenvalue weighted by atomic mass is 10.0. The van der Waals surface area contributed by atoms with Gasteiger partial charge in [-0.25, -0.2) is 0 Å². The number of halogens is 2. The normalized spacial score (nSPS) is 12.6. The average molecular weight is 322 g/mol. The Kier molecular flexibility index (Phi) is 5.60. The molecule has 1 aromatic carbocycles. The Morgan fingerprint density at radius 3 is 2.24 bits per heavy atom. The van der Waals surface area contributed by atoms with Crippen LogP contribution in [0.1, 0.15) is 31.2 Å². The van der Waals surface area contributed by atoms with Gasteiger partial charge in [0, 0.05) is 5.56 Å². The second-order valence-electron chi connectivity index (χ2n) is 4.33. The second-order valence-corrected chi connectivity index (χ2v) is 5.71. The van der Waals surface area contributed by atoms with Crippen LogP contribution in [0.2, 0.25) is 0 Å². The Hall–Kier alpha value is -0.410. The maximum atomic E-state index is 6.42. The summed E-state index contributed by atoms with van der Waals surface area (Å²) in [5.74, 6) is 2.10. The topological polar surface area (TPSA) is 18.5 Å². The highest BCUT2D eigenvalue weighted by molar-refractivity contribution is 9.10. The van der Waals surface area contributed by atoms with Crippen molar-refractivity contribution in [1.29, 1.82) is 0 Å². The molecule has 17 heavy (non-hydrogen) atoms. The van der Waals surface area contributed by atoms with Crippen molar-refractivity contribution in [3.05, 3.63) is 22.2 Å². The van der Waals surface area contributed by atoms with Crippen LogP contribution in [0.3, 0.4) is 0 Å². The molecule has 1 unspecified atom stereocenters. The minimum Gasteiger partial charge on any atom is -0.496 e. The monoisotopic (exact) mass is 320 g/mol. The molecule has 0 bridgehead atoms. The lowest BCUT2D eigenvalue weighted by molar-refractivity contribution is 0.394. The molecular formula is C13H18BrClO2. The third-order valence-corrected chi connectivity index (χ3v) is 3.55. The van der Waals surface area contributed by atoms with E-state index >= 15 is 0 Å². The van der Waals surface area contributed by atoms with Gasteiger partial charge in [0.2, 0.25) is 0 Å². The minimum absolute atomic E-state index is 0.0630. The molecule has 0 radical (unpaired) electrons. The highest BCUT2D eigenvalue weighted by Gasteiger charge is 2.17. The predicted octanol–water partition coefficient (Wildman–Crippen LogP) is 4.79. The molecule has 1 rings (SSSR count). The van der Waals surface area contributed by atoms with Crippen molar-refractivity contribution in [2.24, 2.45) is 5.92 Å². The molecule has 0 aliphatic rings. The first-order valence-electron chi connectivity index (χ1n) is 5.55. The smallest absolute Gasteiger partial charge is 0.133 e. The quantitative estimate of drug-likeness (QED) is 0.726. The highest BCUT2D eigenvalue weighted by Crippen LogP contribution is 2.40. The Balaban J connectivity index is 3.11. The van der Waals surface area contributed by atoms with Gasteiger partial charge in [0.25, 0.3) is 0 Å². The van der Waals surface area contributed by atoms with Crippen LogP contribution in [-0.4, -0.2) is 14.2 Å². The van der Waals surface area contributed by atoms with E-state index in [-0.39, 0.29) is 5.38 Å². The van der Waals surface area contributed by atoms with Gasteiger partial charge in [-0.05, 0) is 40.4 Å². The SMILES string of the molecule is COc1cc(C(Cl)CC(C)C)c(OC)cc1Br. The number of rotatable bonds is 5. The molecule has 0 heterocycles. The summed E-state index contributed by atoms with van der Waals surface area (Å²) in [6.07, 6.45) is 0.905. The van der Waals surface area contributed by atoms with Gasteiger partial charge >= 0.3 is 0 Å². The van der Waals surface area contributed by atoms with Gasteiger partial charge in [0.05, 0.1) is 24.1 Å². The first-order chi connectivity index (χ1) is 7.99. The summed E-state index contributed by atoms with van der Waals surface area (Å²) in [7, 11) is 3.29. The number of ether oxygens (including phenoxy) is 2. The fourth-order valence-corrected chi connectivity index (χ4v) is 2.68. The average Bonchev–Trinajstić information content (AvgIpc) is 2.27. The van der Waals surface area contributed by atoms with Crippen molar-refractivity contribution in [2.45, 2.75) is 25.6 Å². The summed E-state index contributed by atoms with van der Waals surface area (Å²) in [4.78, 5) is 0. The molecule has 2 nitrogen and oxygen atoms in total. The number of benzene rings is 1. The molecule has 0 saturated carbocycles. The van der Waals surface area contributed by atoms with Crippen LogP contribution in [0.5, 0.6) is 11.5 Å². The molecule has 0 aromatic heterocycles. The fraction of sp³-hybridized carbons (Fsp3) is 0.538. The maximum absolute atomic E-state index is 6.42. The molecule has 96 valence electrons. The van der Waals surface area contributed by atoms with E-state index in [0.717, 1.165) is 28.0 Å². The molecule has 0 saturated heterocycles. The molecule has 1 atom stereocenters. The molecule has 0 spiro atoms. The molecule has 0 fully saturated rings. The summed E-state index contributed by atoms with van der Waals surface area (Å²) in [5, 5.41) is -0.0630. The van der Waals surface area contributed by atoms with Gasteiger partial charge in [-0.2, -0.15) is 0 Å². The van der Waals surface area contributed by atoms with Gasteiger partial charge in [0.1, 0.15) is 11.5 Å². The zero-order valence-corrected chi connectivity index (χ0v) is 12.9. The summed E-state index contributed by atoms with van der Waals surface area (Å²) in [6.45, 7) is 4.30. The zero-order chi connectivity index (χ0) is 13.0. The lowest BCUT2D eigenvalue weighted by Gasteiger charge is -2.17. The predicted molar refractivity (Wildman–Crippen MR) is 75.3 cm³/mol.